The number of carbonyl (C=O) groups is 4. The number of ether oxygens (including phenoxy) is 1. The number of hydrogen-bond acceptors (Lipinski definition) is 6. The van der Waals surface area contributed by atoms with E-state index in [1.807, 2.05) is 0 Å². The summed E-state index contributed by atoms with van der Waals surface area (Å²) in [5, 5.41) is 5.39. The van der Waals surface area contributed by atoms with Gasteiger partial charge in [-0.3, -0.25) is 9.59 Å². The van der Waals surface area contributed by atoms with E-state index in [0.717, 1.165) is 4.90 Å². The molecule has 10 heteroatoms. The molecule has 1 saturated heterocycles. The van der Waals surface area contributed by atoms with Crippen molar-refractivity contribution in [1.29, 1.82) is 0 Å². The normalized spacial score (nSPS) is 21.9. The lowest BCUT2D eigenvalue weighted by Crippen LogP contribution is -2.35. The number of furan rings is 1. The lowest BCUT2D eigenvalue weighted by Gasteiger charge is -2.20. The van der Waals surface area contributed by atoms with Crippen molar-refractivity contribution in [2.24, 2.45) is 0 Å². The molecular weight excluding hydrogens is 409 g/mol. The summed E-state index contributed by atoms with van der Waals surface area (Å²) in [6.45, 7) is 0.195. The number of esters is 1. The van der Waals surface area contributed by atoms with Crippen LogP contribution < -0.4 is 10.6 Å². The van der Waals surface area contributed by atoms with Crippen molar-refractivity contribution >= 4 is 34.8 Å². The van der Waals surface area contributed by atoms with Crippen LogP contribution in [0.15, 0.2) is 40.8 Å². The number of carbonyl (C=O) groups excluding carboxylic acids is 4. The molecule has 9 nitrogen and oxygen atoms in total. The second-order valence-corrected chi connectivity index (χ2v) is 7.41. The van der Waals surface area contributed by atoms with Crippen LogP contribution in [0.2, 0.25) is 0 Å². The summed E-state index contributed by atoms with van der Waals surface area (Å²) in [6, 6.07) is 7.52. The number of fused-ring (bicyclic) bond motifs is 3. The third kappa shape index (κ3) is 2.29. The van der Waals surface area contributed by atoms with E-state index in [1.165, 1.54) is 6.07 Å². The number of urea groups is 1. The Kier molecular flexibility index (Phi) is 3.36. The Hall–Kier alpha value is -4.21. The van der Waals surface area contributed by atoms with Gasteiger partial charge in [0.2, 0.25) is 6.23 Å². The lowest BCUT2D eigenvalue weighted by molar-refractivity contribution is -0.134. The largest absolute Gasteiger partial charge is 0.455 e. The average Bonchev–Trinajstić information content (AvgIpc) is 3.48. The Morgan fingerprint density at radius 1 is 1.10 bits per heavy atom. The fourth-order valence-electron chi connectivity index (χ4n) is 4.24. The predicted octanol–water partition coefficient (Wildman–Crippen LogP) is 2.28. The molecule has 1 unspecified atom stereocenters. The van der Waals surface area contributed by atoms with E-state index in [1.54, 1.807) is 30.3 Å². The highest BCUT2D eigenvalue weighted by Crippen LogP contribution is 2.39. The van der Waals surface area contributed by atoms with Gasteiger partial charge in [0.1, 0.15) is 5.76 Å². The van der Waals surface area contributed by atoms with Crippen LogP contribution in [-0.4, -0.2) is 28.7 Å². The average molecular weight is 421 g/mol. The summed E-state index contributed by atoms with van der Waals surface area (Å²) in [5.41, 5.74) is 0.889. The number of imide groups is 1. The van der Waals surface area contributed by atoms with Crippen molar-refractivity contribution in [2.75, 3.05) is 0 Å². The highest BCUT2D eigenvalue weighted by molar-refractivity contribution is 6.06. The van der Waals surface area contributed by atoms with Crippen molar-refractivity contribution < 1.29 is 32.7 Å². The van der Waals surface area contributed by atoms with Crippen LogP contribution in [-0.2, 0) is 16.1 Å². The monoisotopic (exact) mass is 421 g/mol. The fourth-order valence-corrected chi connectivity index (χ4v) is 4.24. The molecular formula is C21H12FN3O6. The first-order valence-corrected chi connectivity index (χ1v) is 9.40. The third-order valence-corrected chi connectivity index (χ3v) is 5.67. The smallest absolute Gasteiger partial charge is 0.340 e. The predicted molar refractivity (Wildman–Crippen MR) is 100 cm³/mol. The zero-order chi connectivity index (χ0) is 21.4. The Labute approximate surface area is 172 Å². The summed E-state index contributed by atoms with van der Waals surface area (Å²) in [5.74, 6) is -2.68. The Morgan fingerprint density at radius 3 is 2.74 bits per heavy atom. The van der Waals surface area contributed by atoms with E-state index in [2.05, 4.69) is 10.6 Å². The van der Waals surface area contributed by atoms with Crippen LogP contribution in [0.5, 0.6) is 0 Å². The molecule has 3 aliphatic rings. The van der Waals surface area contributed by atoms with E-state index >= 15 is 0 Å². The zero-order valence-electron chi connectivity index (χ0n) is 15.6. The van der Waals surface area contributed by atoms with Gasteiger partial charge in [0.15, 0.2) is 17.4 Å². The van der Waals surface area contributed by atoms with Crippen LogP contribution >= 0.6 is 0 Å². The van der Waals surface area contributed by atoms with Crippen LogP contribution in [0, 0.1) is 5.82 Å². The molecule has 2 atom stereocenters. The van der Waals surface area contributed by atoms with Crippen LogP contribution in [0.4, 0.5) is 9.18 Å². The summed E-state index contributed by atoms with van der Waals surface area (Å²) in [6.07, 6.45) is -1.20. The van der Waals surface area contributed by atoms with Gasteiger partial charge in [0.05, 0.1) is 11.1 Å². The molecule has 4 amide bonds. The summed E-state index contributed by atoms with van der Waals surface area (Å²) < 4.78 is 25.6. The summed E-state index contributed by atoms with van der Waals surface area (Å²) >= 11 is 0. The van der Waals surface area contributed by atoms with E-state index in [4.69, 9.17) is 9.15 Å². The van der Waals surface area contributed by atoms with E-state index in [-0.39, 0.29) is 29.0 Å². The lowest BCUT2D eigenvalue weighted by atomic mass is 10.1. The maximum Gasteiger partial charge on any atom is 0.340 e. The second-order valence-electron chi connectivity index (χ2n) is 7.41. The first-order valence-electron chi connectivity index (χ1n) is 9.40. The Bertz CT molecular complexity index is 1360. The number of amides is 4. The number of halogens is 1. The van der Waals surface area contributed by atoms with Gasteiger partial charge in [-0.1, -0.05) is 18.2 Å². The molecule has 0 saturated carbocycles. The molecule has 4 heterocycles. The molecule has 0 bridgehead atoms. The number of rotatable bonds is 2. The number of nitrogens with one attached hydrogen (secondary N) is 2. The molecule has 0 aliphatic carbocycles. The molecule has 0 radical (unpaired) electrons. The summed E-state index contributed by atoms with van der Waals surface area (Å²) in [7, 11) is 0. The zero-order valence-corrected chi connectivity index (χ0v) is 15.6. The van der Waals surface area contributed by atoms with Crippen LogP contribution in [0.1, 0.15) is 49.9 Å². The highest BCUT2D eigenvalue weighted by Gasteiger charge is 2.49. The molecule has 3 aliphatic heterocycles. The molecule has 154 valence electrons. The van der Waals surface area contributed by atoms with Gasteiger partial charge in [-0.05, 0) is 23.8 Å². The Balaban J connectivity index is 1.38. The highest BCUT2D eigenvalue weighted by atomic mass is 19.1. The first-order chi connectivity index (χ1) is 14.9. The number of benzene rings is 2. The maximum atomic E-state index is 14.8. The summed E-state index contributed by atoms with van der Waals surface area (Å²) in [4.78, 5) is 50.4. The van der Waals surface area contributed by atoms with Gasteiger partial charge in [0, 0.05) is 17.5 Å². The minimum atomic E-state index is -1.23. The van der Waals surface area contributed by atoms with E-state index in [9.17, 15) is 23.6 Å². The number of nitrogens with zero attached hydrogens (tertiary/aromatic N) is 1. The Morgan fingerprint density at radius 2 is 1.90 bits per heavy atom. The molecule has 3 aromatic rings. The van der Waals surface area contributed by atoms with Gasteiger partial charge in [-0.15, -0.1) is 0 Å². The SMILES string of the molecule is O=C1OC(N2C(=O)N[C@@H](c3cc4cc5c(c(F)c4o3)C(=O)NC5)C2=O)c2ccccc21. The van der Waals surface area contributed by atoms with Gasteiger partial charge in [-0.25, -0.2) is 18.9 Å². The van der Waals surface area contributed by atoms with Crippen LogP contribution in [0.3, 0.4) is 0 Å². The topological polar surface area (TPSA) is 118 Å². The maximum absolute atomic E-state index is 14.8. The molecule has 6 rings (SSSR count). The van der Waals surface area contributed by atoms with Gasteiger partial charge < -0.3 is 19.8 Å². The van der Waals surface area contributed by atoms with E-state index in [0.29, 0.717) is 16.5 Å². The molecule has 31 heavy (non-hydrogen) atoms. The first kappa shape index (κ1) is 17.6. The molecule has 1 fully saturated rings. The molecule has 2 N–H and O–H groups in total. The van der Waals surface area contributed by atoms with Crippen molar-refractivity contribution in [1.82, 2.24) is 15.5 Å². The number of cyclic esters (lactones) is 1. The number of hydrogen-bond donors (Lipinski definition) is 2. The van der Waals surface area contributed by atoms with Gasteiger partial charge >= 0.3 is 12.0 Å². The van der Waals surface area contributed by atoms with Crippen molar-refractivity contribution in [3.63, 3.8) is 0 Å². The third-order valence-electron chi connectivity index (χ3n) is 5.67. The molecule has 0 spiro atoms. The standard InChI is InChI=1S/C21H12FN3O6/c22-14-13-9(7-23-17(13)26)5-8-6-12(30-16(8)14)15-18(27)25(21(29)24-15)19-10-3-1-2-4-11(10)20(28)31-19/h1-6,15,19H,7H2,(H,23,26)(H,24,29)/t15-,19?/m0/s1. The van der Waals surface area contributed by atoms with Crippen molar-refractivity contribution in [3.05, 3.63) is 70.2 Å². The molecule has 1 aromatic heterocycles. The minimum absolute atomic E-state index is 0.0106. The quantitative estimate of drug-likeness (QED) is 0.484. The van der Waals surface area contributed by atoms with Gasteiger partial charge in [-0.2, -0.15) is 0 Å². The van der Waals surface area contributed by atoms with Crippen molar-refractivity contribution in [2.45, 2.75) is 18.8 Å². The van der Waals surface area contributed by atoms with Crippen LogP contribution in [0.25, 0.3) is 11.0 Å². The molecule has 2 aromatic carbocycles. The fraction of sp³-hybridized carbons (Fsp3) is 0.143. The van der Waals surface area contributed by atoms with Crippen molar-refractivity contribution in [3.8, 4) is 0 Å². The van der Waals surface area contributed by atoms with E-state index < -0.39 is 41.9 Å². The minimum Gasteiger partial charge on any atom is -0.455 e. The second kappa shape index (κ2) is 5.91. The van der Waals surface area contributed by atoms with Gasteiger partial charge in [0.25, 0.3) is 11.8 Å².